The number of amides is 3. The van der Waals surface area contributed by atoms with Gasteiger partial charge < -0.3 is 20.7 Å². The molecule has 0 spiro atoms. The third-order valence-corrected chi connectivity index (χ3v) is 4.26. The van der Waals surface area contributed by atoms with Crippen LogP contribution >= 0.6 is 0 Å². The second-order valence-electron chi connectivity index (χ2n) is 5.96. The maximum absolute atomic E-state index is 12.0. The summed E-state index contributed by atoms with van der Waals surface area (Å²) < 4.78 is 5.24. The Bertz CT molecular complexity index is 548. The number of hydrogen-bond donors (Lipinski definition) is 2. The number of carbonyl (C=O) groups excluding carboxylic acids is 2. The second-order valence-corrected chi connectivity index (χ2v) is 5.96. The van der Waals surface area contributed by atoms with Gasteiger partial charge >= 0.3 is 6.03 Å². The van der Waals surface area contributed by atoms with Crippen molar-refractivity contribution in [3.8, 4) is 5.75 Å². The summed E-state index contributed by atoms with van der Waals surface area (Å²) in [5.41, 5.74) is 6.26. The van der Waals surface area contributed by atoms with E-state index >= 15 is 0 Å². The molecule has 1 aromatic rings. The standard InChI is InChI=1S/C17H25N3O3/c1-23-15-6-2-4-13(10-15)7-8-14-5-3-9-20(12-14)16(21)11-19-17(18)22/h2,4,6,10,14H,3,5,7-9,11-12H2,1H3,(H3,18,19,22)/t14-/m0/s1. The van der Waals surface area contributed by atoms with E-state index in [1.54, 1.807) is 7.11 Å². The summed E-state index contributed by atoms with van der Waals surface area (Å²) in [6.07, 6.45) is 4.16. The number of methoxy groups -OCH3 is 1. The van der Waals surface area contributed by atoms with E-state index in [0.717, 1.165) is 44.5 Å². The number of carbonyl (C=O) groups is 2. The van der Waals surface area contributed by atoms with Gasteiger partial charge in [-0.05, 0) is 49.3 Å². The van der Waals surface area contributed by atoms with Crippen molar-refractivity contribution in [1.29, 1.82) is 0 Å². The van der Waals surface area contributed by atoms with Crippen molar-refractivity contribution in [3.05, 3.63) is 29.8 Å². The molecule has 1 saturated heterocycles. The molecule has 0 aliphatic carbocycles. The summed E-state index contributed by atoms with van der Waals surface area (Å²) in [4.78, 5) is 24.6. The number of likely N-dealkylation sites (tertiary alicyclic amines) is 1. The largest absolute Gasteiger partial charge is 0.497 e. The first-order chi connectivity index (χ1) is 11.1. The summed E-state index contributed by atoms with van der Waals surface area (Å²) in [6, 6.07) is 7.44. The first-order valence-electron chi connectivity index (χ1n) is 8.02. The van der Waals surface area contributed by atoms with Crippen molar-refractivity contribution in [1.82, 2.24) is 10.2 Å². The molecule has 2 rings (SSSR count). The van der Waals surface area contributed by atoms with Gasteiger partial charge in [-0.3, -0.25) is 4.79 Å². The molecule has 0 unspecified atom stereocenters. The molecule has 1 atom stereocenters. The Kier molecular flexibility index (Phi) is 6.26. The number of nitrogens with one attached hydrogen (secondary N) is 1. The number of aryl methyl sites for hydroxylation is 1. The maximum Gasteiger partial charge on any atom is 0.312 e. The van der Waals surface area contributed by atoms with Crippen LogP contribution in [-0.2, 0) is 11.2 Å². The zero-order valence-corrected chi connectivity index (χ0v) is 13.6. The Morgan fingerprint density at radius 2 is 2.26 bits per heavy atom. The third-order valence-electron chi connectivity index (χ3n) is 4.26. The number of hydrogen-bond acceptors (Lipinski definition) is 3. The van der Waals surface area contributed by atoms with Crippen LogP contribution in [0.15, 0.2) is 24.3 Å². The molecule has 3 N–H and O–H groups in total. The number of rotatable bonds is 6. The Hall–Kier alpha value is -2.24. The molecule has 1 aliphatic heterocycles. The second kappa shape index (κ2) is 8.41. The average Bonchev–Trinajstić information content (AvgIpc) is 2.58. The maximum atomic E-state index is 12.0. The van der Waals surface area contributed by atoms with E-state index in [2.05, 4.69) is 17.4 Å². The Labute approximate surface area is 137 Å². The number of primary amides is 1. The zero-order chi connectivity index (χ0) is 16.7. The van der Waals surface area contributed by atoms with E-state index in [9.17, 15) is 9.59 Å². The minimum atomic E-state index is -0.662. The summed E-state index contributed by atoms with van der Waals surface area (Å²) in [6.45, 7) is 1.50. The van der Waals surface area contributed by atoms with Gasteiger partial charge in [-0.25, -0.2) is 4.79 Å². The number of benzene rings is 1. The summed E-state index contributed by atoms with van der Waals surface area (Å²) in [7, 11) is 1.67. The predicted molar refractivity (Wildman–Crippen MR) is 88.2 cm³/mol. The molecule has 0 bridgehead atoms. The Morgan fingerprint density at radius 3 is 3.00 bits per heavy atom. The van der Waals surface area contributed by atoms with E-state index in [1.165, 1.54) is 5.56 Å². The van der Waals surface area contributed by atoms with Gasteiger partial charge in [0, 0.05) is 13.1 Å². The lowest BCUT2D eigenvalue weighted by Gasteiger charge is -2.33. The highest BCUT2D eigenvalue weighted by molar-refractivity contribution is 5.83. The van der Waals surface area contributed by atoms with Crippen LogP contribution in [0.1, 0.15) is 24.8 Å². The monoisotopic (exact) mass is 319 g/mol. The van der Waals surface area contributed by atoms with Crippen LogP contribution in [0.3, 0.4) is 0 Å². The van der Waals surface area contributed by atoms with E-state index < -0.39 is 6.03 Å². The number of urea groups is 1. The van der Waals surface area contributed by atoms with Crippen LogP contribution in [0.25, 0.3) is 0 Å². The van der Waals surface area contributed by atoms with Crippen LogP contribution in [0.5, 0.6) is 5.75 Å². The molecule has 1 fully saturated rings. The zero-order valence-electron chi connectivity index (χ0n) is 13.6. The molecular formula is C17H25N3O3. The highest BCUT2D eigenvalue weighted by Crippen LogP contribution is 2.22. The topological polar surface area (TPSA) is 84.7 Å². The van der Waals surface area contributed by atoms with Gasteiger partial charge in [0.2, 0.25) is 5.91 Å². The van der Waals surface area contributed by atoms with Crippen LogP contribution in [0, 0.1) is 5.92 Å². The molecule has 1 aliphatic rings. The van der Waals surface area contributed by atoms with Crippen molar-refractivity contribution in [2.45, 2.75) is 25.7 Å². The fourth-order valence-electron chi connectivity index (χ4n) is 3.00. The van der Waals surface area contributed by atoms with Crippen LogP contribution < -0.4 is 15.8 Å². The normalized spacial score (nSPS) is 17.6. The SMILES string of the molecule is COc1cccc(CC[C@@H]2CCCN(C(=O)CNC(N)=O)C2)c1. The molecular weight excluding hydrogens is 294 g/mol. The van der Waals surface area contributed by atoms with E-state index in [-0.39, 0.29) is 12.5 Å². The first kappa shape index (κ1) is 17.1. The third kappa shape index (κ3) is 5.47. The van der Waals surface area contributed by atoms with Gasteiger partial charge in [0.25, 0.3) is 0 Å². The predicted octanol–water partition coefficient (Wildman–Crippen LogP) is 1.53. The fraction of sp³-hybridized carbons (Fsp3) is 0.529. The smallest absolute Gasteiger partial charge is 0.312 e. The van der Waals surface area contributed by atoms with Gasteiger partial charge in [-0.1, -0.05) is 12.1 Å². The number of piperidine rings is 1. The number of nitrogens with two attached hydrogens (primary N) is 1. The van der Waals surface area contributed by atoms with Crippen LogP contribution in [-0.4, -0.2) is 43.6 Å². The summed E-state index contributed by atoms with van der Waals surface area (Å²) in [5, 5.41) is 2.36. The lowest BCUT2D eigenvalue weighted by Crippen LogP contribution is -2.46. The lowest BCUT2D eigenvalue weighted by molar-refractivity contribution is -0.131. The molecule has 6 nitrogen and oxygen atoms in total. The molecule has 23 heavy (non-hydrogen) atoms. The first-order valence-corrected chi connectivity index (χ1v) is 8.02. The van der Waals surface area contributed by atoms with Crippen LogP contribution in [0.2, 0.25) is 0 Å². The molecule has 6 heteroatoms. The Balaban J connectivity index is 1.81. The highest BCUT2D eigenvalue weighted by Gasteiger charge is 2.23. The summed E-state index contributed by atoms with van der Waals surface area (Å²) >= 11 is 0. The highest BCUT2D eigenvalue weighted by atomic mass is 16.5. The molecule has 3 amide bonds. The molecule has 0 aromatic heterocycles. The Morgan fingerprint density at radius 1 is 1.43 bits per heavy atom. The summed E-state index contributed by atoms with van der Waals surface area (Å²) in [5.74, 6) is 1.31. The van der Waals surface area contributed by atoms with E-state index in [4.69, 9.17) is 10.5 Å². The van der Waals surface area contributed by atoms with Crippen LogP contribution in [0.4, 0.5) is 4.79 Å². The molecule has 1 aromatic carbocycles. The number of ether oxygens (including phenoxy) is 1. The molecule has 0 radical (unpaired) electrons. The molecule has 1 heterocycles. The lowest BCUT2D eigenvalue weighted by atomic mass is 9.91. The fourth-order valence-corrected chi connectivity index (χ4v) is 3.00. The van der Waals surface area contributed by atoms with Crippen molar-refractivity contribution in [3.63, 3.8) is 0 Å². The van der Waals surface area contributed by atoms with Crippen molar-refractivity contribution in [2.24, 2.45) is 11.7 Å². The van der Waals surface area contributed by atoms with Crippen molar-refractivity contribution in [2.75, 3.05) is 26.7 Å². The minimum absolute atomic E-state index is 0.0159. The van der Waals surface area contributed by atoms with Crippen molar-refractivity contribution < 1.29 is 14.3 Å². The quantitative estimate of drug-likeness (QED) is 0.834. The average molecular weight is 319 g/mol. The van der Waals surface area contributed by atoms with Gasteiger partial charge in [-0.2, -0.15) is 0 Å². The molecule has 126 valence electrons. The number of nitrogens with zero attached hydrogens (tertiary/aromatic N) is 1. The van der Waals surface area contributed by atoms with Gasteiger partial charge in [-0.15, -0.1) is 0 Å². The van der Waals surface area contributed by atoms with E-state index in [0.29, 0.717) is 5.92 Å². The van der Waals surface area contributed by atoms with Gasteiger partial charge in [0.05, 0.1) is 13.7 Å². The minimum Gasteiger partial charge on any atom is -0.497 e. The van der Waals surface area contributed by atoms with Gasteiger partial charge in [0.15, 0.2) is 0 Å². The van der Waals surface area contributed by atoms with Gasteiger partial charge in [0.1, 0.15) is 5.75 Å². The molecule has 0 saturated carbocycles. The van der Waals surface area contributed by atoms with E-state index in [1.807, 2.05) is 17.0 Å². The van der Waals surface area contributed by atoms with Crippen molar-refractivity contribution >= 4 is 11.9 Å².